The first-order valence-electron chi connectivity index (χ1n) is 8.65. The number of nitrogens with one attached hydrogen (secondary N) is 2. The van der Waals surface area contributed by atoms with Gasteiger partial charge in [0.1, 0.15) is 18.1 Å². The Kier molecular flexibility index (Phi) is 4.75. The molecule has 0 spiro atoms. The molecule has 8 heteroatoms. The molecule has 4 rings (SSSR count). The fourth-order valence-electron chi connectivity index (χ4n) is 3.24. The van der Waals surface area contributed by atoms with Gasteiger partial charge in [-0.3, -0.25) is 4.79 Å². The molecule has 7 nitrogen and oxygen atoms in total. The van der Waals surface area contributed by atoms with Crippen molar-refractivity contribution in [2.45, 2.75) is 13.0 Å². The van der Waals surface area contributed by atoms with Crippen LogP contribution in [0.2, 0.25) is 5.02 Å². The van der Waals surface area contributed by atoms with Gasteiger partial charge in [-0.1, -0.05) is 23.7 Å². The van der Waals surface area contributed by atoms with Crippen LogP contribution in [0.3, 0.4) is 0 Å². The van der Waals surface area contributed by atoms with Crippen molar-refractivity contribution in [1.82, 2.24) is 14.8 Å². The zero-order valence-corrected chi connectivity index (χ0v) is 16.1. The second-order valence-corrected chi connectivity index (χ2v) is 6.77. The van der Waals surface area contributed by atoms with E-state index >= 15 is 0 Å². The van der Waals surface area contributed by atoms with Gasteiger partial charge in [0.15, 0.2) is 0 Å². The summed E-state index contributed by atoms with van der Waals surface area (Å²) in [5, 5.41) is 11.0. The smallest absolute Gasteiger partial charge is 0.255 e. The summed E-state index contributed by atoms with van der Waals surface area (Å²) in [6.45, 7) is 1.85. The van der Waals surface area contributed by atoms with E-state index in [2.05, 4.69) is 20.7 Å². The van der Waals surface area contributed by atoms with Gasteiger partial charge >= 0.3 is 0 Å². The van der Waals surface area contributed by atoms with Crippen LogP contribution < -0.4 is 15.4 Å². The van der Waals surface area contributed by atoms with E-state index in [4.69, 9.17) is 16.3 Å². The van der Waals surface area contributed by atoms with Crippen molar-refractivity contribution in [3.63, 3.8) is 0 Å². The average Bonchev–Trinajstić information content (AvgIpc) is 3.16. The lowest BCUT2D eigenvalue weighted by molar-refractivity contribution is -0.113. The van der Waals surface area contributed by atoms with Crippen LogP contribution in [0.1, 0.15) is 18.5 Å². The fraction of sp³-hybridized carbons (Fsp3) is 0.150. The van der Waals surface area contributed by atoms with E-state index < -0.39 is 6.04 Å². The molecule has 1 aromatic heterocycles. The van der Waals surface area contributed by atoms with Crippen LogP contribution in [0.15, 0.2) is 66.1 Å². The highest BCUT2D eigenvalue weighted by Crippen LogP contribution is 2.36. The van der Waals surface area contributed by atoms with Crippen LogP contribution in [0.5, 0.6) is 5.75 Å². The number of methoxy groups -OCH3 is 1. The molecular formula is C20H18ClN5O2. The number of hydrogen-bond donors (Lipinski definition) is 2. The molecule has 3 aromatic rings. The van der Waals surface area contributed by atoms with E-state index in [0.29, 0.717) is 33.7 Å². The molecule has 1 aliphatic rings. The fourth-order valence-corrected chi connectivity index (χ4v) is 3.36. The zero-order valence-electron chi connectivity index (χ0n) is 15.3. The highest BCUT2D eigenvalue weighted by Gasteiger charge is 2.33. The summed E-state index contributed by atoms with van der Waals surface area (Å²) in [6.07, 6.45) is 1.46. The van der Waals surface area contributed by atoms with Crippen molar-refractivity contribution in [2.75, 3.05) is 17.7 Å². The van der Waals surface area contributed by atoms with Crippen LogP contribution in [-0.4, -0.2) is 27.8 Å². The third-order valence-corrected chi connectivity index (χ3v) is 4.80. The summed E-state index contributed by atoms with van der Waals surface area (Å²) in [7, 11) is 1.61. The zero-order chi connectivity index (χ0) is 19.7. The van der Waals surface area contributed by atoms with Gasteiger partial charge in [0.25, 0.3) is 5.91 Å². The number of carbonyl (C=O) groups is 1. The van der Waals surface area contributed by atoms with Crippen LogP contribution in [0, 0.1) is 0 Å². The number of anilines is 2. The molecule has 142 valence electrons. The predicted molar refractivity (Wildman–Crippen MR) is 108 cm³/mol. The van der Waals surface area contributed by atoms with Crippen molar-refractivity contribution in [3.05, 3.63) is 76.7 Å². The normalized spacial score (nSPS) is 15.6. The second kappa shape index (κ2) is 7.36. The van der Waals surface area contributed by atoms with E-state index in [9.17, 15) is 4.79 Å². The Balaban J connectivity index is 1.76. The highest BCUT2D eigenvalue weighted by molar-refractivity contribution is 6.30. The van der Waals surface area contributed by atoms with Crippen LogP contribution in [-0.2, 0) is 4.79 Å². The first kappa shape index (κ1) is 18.1. The maximum absolute atomic E-state index is 13.2. The second-order valence-electron chi connectivity index (χ2n) is 6.33. The summed E-state index contributed by atoms with van der Waals surface area (Å²) in [5.41, 5.74) is 2.78. The first-order valence-corrected chi connectivity index (χ1v) is 9.03. The van der Waals surface area contributed by atoms with Gasteiger partial charge in [0.05, 0.1) is 12.7 Å². The topological polar surface area (TPSA) is 81.1 Å². The van der Waals surface area contributed by atoms with Crippen molar-refractivity contribution >= 4 is 29.1 Å². The van der Waals surface area contributed by atoms with Crippen LogP contribution >= 0.6 is 11.6 Å². The van der Waals surface area contributed by atoms with E-state index in [1.54, 1.807) is 36.1 Å². The number of allylic oxidation sites excluding steroid dienone is 1. The van der Waals surface area contributed by atoms with Gasteiger partial charge in [-0.05, 0) is 48.9 Å². The van der Waals surface area contributed by atoms with Gasteiger partial charge in [0, 0.05) is 16.4 Å². The Morgan fingerprint density at radius 1 is 1.25 bits per heavy atom. The lowest BCUT2D eigenvalue weighted by Gasteiger charge is -2.29. The molecular weight excluding hydrogens is 378 g/mol. The molecule has 0 saturated carbocycles. The number of rotatable bonds is 4. The molecule has 2 heterocycles. The predicted octanol–water partition coefficient (Wildman–Crippen LogP) is 3.87. The first-order chi connectivity index (χ1) is 13.6. The Morgan fingerprint density at radius 3 is 2.79 bits per heavy atom. The monoisotopic (exact) mass is 395 g/mol. The van der Waals surface area contributed by atoms with Crippen LogP contribution in [0.4, 0.5) is 11.6 Å². The SMILES string of the molecule is COc1cccc([C@@H]2C(C(=O)Nc3ccc(Cl)cc3)=C(C)Nc3ncnn32)c1. The molecule has 0 radical (unpaired) electrons. The summed E-state index contributed by atoms with van der Waals surface area (Å²) < 4.78 is 7.05. The van der Waals surface area contributed by atoms with Gasteiger partial charge in [0.2, 0.25) is 5.95 Å². The minimum absolute atomic E-state index is 0.235. The maximum atomic E-state index is 13.2. The van der Waals surface area contributed by atoms with Gasteiger partial charge in [-0.15, -0.1) is 0 Å². The summed E-state index contributed by atoms with van der Waals surface area (Å²) in [5.74, 6) is 1.04. The number of benzene rings is 2. The van der Waals surface area contributed by atoms with E-state index in [-0.39, 0.29) is 5.91 Å². The Morgan fingerprint density at radius 2 is 2.04 bits per heavy atom. The quantitative estimate of drug-likeness (QED) is 0.700. The summed E-state index contributed by atoms with van der Waals surface area (Å²) in [4.78, 5) is 17.4. The number of fused-ring (bicyclic) bond motifs is 1. The summed E-state index contributed by atoms with van der Waals surface area (Å²) >= 11 is 5.93. The number of carbonyl (C=O) groups excluding carboxylic acids is 1. The Hall–Kier alpha value is -3.32. The lowest BCUT2D eigenvalue weighted by atomic mass is 9.95. The summed E-state index contributed by atoms with van der Waals surface area (Å²) in [6, 6.07) is 14.1. The standard InChI is InChI=1S/C20H18ClN5O2/c1-12-17(19(27)25-15-8-6-14(21)7-9-15)18(26-20(24-12)22-11-23-26)13-4-3-5-16(10-13)28-2/h3-11,18H,1-2H3,(H,25,27)(H,22,23,24)/t18-/m1/s1. The number of hydrogen-bond acceptors (Lipinski definition) is 5. The molecule has 2 N–H and O–H groups in total. The molecule has 0 saturated heterocycles. The number of amides is 1. The molecule has 0 unspecified atom stereocenters. The number of nitrogens with zero attached hydrogens (tertiary/aromatic N) is 3. The van der Waals surface area contributed by atoms with Gasteiger partial charge in [-0.2, -0.15) is 10.1 Å². The van der Waals surface area contributed by atoms with Crippen molar-refractivity contribution in [3.8, 4) is 5.75 Å². The van der Waals surface area contributed by atoms with Crippen LogP contribution in [0.25, 0.3) is 0 Å². The molecule has 0 aliphatic carbocycles. The number of ether oxygens (including phenoxy) is 1. The maximum Gasteiger partial charge on any atom is 0.255 e. The lowest BCUT2D eigenvalue weighted by Crippen LogP contribution is -2.31. The molecule has 1 amide bonds. The molecule has 1 atom stereocenters. The Labute approximate surface area is 167 Å². The van der Waals surface area contributed by atoms with Crippen molar-refractivity contribution in [2.24, 2.45) is 0 Å². The van der Waals surface area contributed by atoms with Crippen molar-refractivity contribution < 1.29 is 9.53 Å². The average molecular weight is 396 g/mol. The third kappa shape index (κ3) is 3.32. The highest BCUT2D eigenvalue weighted by atomic mass is 35.5. The van der Waals surface area contributed by atoms with E-state index in [1.165, 1.54) is 6.33 Å². The van der Waals surface area contributed by atoms with Crippen molar-refractivity contribution in [1.29, 1.82) is 0 Å². The van der Waals surface area contributed by atoms with Gasteiger partial charge < -0.3 is 15.4 Å². The molecule has 0 bridgehead atoms. The number of aromatic nitrogens is 3. The largest absolute Gasteiger partial charge is 0.497 e. The minimum Gasteiger partial charge on any atom is -0.497 e. The molecule has 0 fully saturated rings. The minimum atomic E-state index is -0.443. The third-order valence-electron chi connectivity index (χ3n) is 4.55. The molecule has 1 aliphatic heterocycles. The Bertz CT molecular complexity index is 1060. The molecule has 28 heavy (non-hydrogen) atoms. The molecule has 2 aromatic carbocycles. The van der Waals surface area contributed by atoms with Gasteiger partial charge in [-0.25, -0.2) is 4.68 Å². The van der Waals surface area contributed by atoms with E-state index in [0.717, 1.165) is 5.56 Å². The van der Waals surface area contributed by atoms with E-state index in [1.807, 2.05) is 31.2 Å². The number of halogens is 1.